The first-order valence-corrected chi connectivity index (χ1v) is 5.21. The standard InChI is InChI=1S/C8H16ClN5/c1-6(2)4-7(5-9)10-8-11-12-13-14(8)3/h6-7H,4-5H2,1-3H3,(H,10,11,13). The molecule has 0 fully saturated rings. The Morgan fingerprint density at radius 3 is 2.64 bits per heavy atom. The van der Waals surface area contributed by atoms with E-state index in [-0.39, 0.29) is 6.04 Å². The van der Waals surface area contributed by atoms with E-state index in [0.717, 1.165) is 6.42 Å². The molecule has 1 aromatic rings. The Kier molecular flexibility index (Phi) is 4.13. The number of halogens is 1. The van der Waals surface area contributed by atoms with E-state index in [9.17, 15) is 0 Å². The fourth-order valence-corrected chi connectivity index (χ4v) is 1.47. The van der Waals surface area contributed by atoms with Gasteiger partial charge in [-0.25, -0.2) is 4.68 Å². The number of rotatable bonds is 5. The average molecular weight is 218 g/mol. The largest absolute Gasteiger partial charge is 0.349 e. The summed E-state index contributed by atoms with van der Waals surface area (Å²) in [7, 11) is 1.79. The number of hydrogen-bond acceptors (Lipinski definition) is 4. The monoisotopic (exact) mass is 217 g/mol. The minimum atomic E-state index is 0.223. The maximum atomic E-state index is 5.84. The summed E-state index contributed by atoms with van der Waals surface area (Å²) in [6.45, 7) is 4.33. The van der Waals surface area contributed by atoms with Crippen LogP contribution in [-0.2, 0) is 7.05 Å². The lowest BCUT2D eigenvalue weighted by Gasteiger charge is -2.17. The maximum absolute atomic E-state index is 5.84. The molecule has 6 heteroatoms. The lowest BCUT2D eigenvalue weighted by atomic mass is 10.1. The average Bonchev–Trinajstić information content (AvgIpc) is 2.50. The maximum Gasteiger partial charge on any atom is 0.242 e. The van der Waals surface area contributed by atoms with E-state index in [4.69, 9.17) is 11.6 Å². The van der Waals surface area contributed by atoms with E-state index in [1.54, 1.807) is 11.7 Å². The number of aromatic nitrogens is 4. The lowest BCUT2D eigenvalue weighted by Crippen LogP contribution is -2.25. The van der Waals surface area contributed by atoms with Crippen LogP contribution < -0.4 is 5.32 Å². The van der Waals surface area contributed by atoms with Gasteiger partial charge in [0.15, 0.2) is 0 Å². The van der Waals surface area contributed by atoms with Crippen LogP contribution in [0.1, 0.15) is 20.3 Å². The Morgan fingerprint density at radius 2 is 2.21 bits per heavy atom. The SMILES string of the molecule is CC(C)CC(CCl)Nc1nnnn1C. The summed E-state index contributed by atoms with van der Waals surface area (Å²) in [4.78, 5) is 0. The molecule has 1 N–H and O–H groups in total. The van der Waals surface area contributed by atoms with Crippen molar-refractivity contribution in [1.82, 2.24) is 20.2 Å². The molecule has 0 spiro atoms. The quantitative estimate of drug-likeness (QED) is 0.755. The first-order valence-electron chi connectivity index (χ1n) is 4.68. The highest BCUT2D eigenvalue weighted by molar-refractivity contribution is 6.18. The van der Waals surface area contributed by atoms with E-state index < -0.39 is 0 Å². The third-order valence-electron chi connectivity index (χ3n) is 1.90. The Morgan fingerprint density at radius 1 is 1.50 bits per heavy atom. The summed E-state index contributed by atoms with van der Waals surface area (Å²) in [5.74, 6) is 1.83. The molecule has 0 amide bonds. The predicted molar refractivity (Wildman–Crippen MR) is 56.4 cm³/mol. The van der Waals surface area contributed by atoms with Gasteiger partial charge in [0.25, 0.3) is 0 Å². The van der Waals surface area contributed by atoms with Gasteiger partial charge in [-0.2, -0.15) is 0 Å². The zero-order valence-electron chi connectivity index (χ0n) is 8.74. The molecule has 0 saturated carbocycles. The number of anilines is 1. The Hall–Kier alpha value is -0.840. The second kappa shape index (κ2) is 5.14. The van der Waals surface area contributed by atoms with Crippen molar-refractivity contribution in [3.05, 3.63) is 0 Å². The van der Waals surface area contributed by atoms with Crippen molar-refractivity contribution in [2.45, 2.75) is 26.3 Å². The molecule has 1 aromatic heterocycles. The summed E-state index contributed by atoms with van der Waals surface area (Å²) in [5, 5.41) is 14.3. The first-order chi connectivity index (χ1) is 6.63. The fraction of sp³-hybridized carbons (Fsp3) is 0.875. The fourth-order valence-electron chi connectivity index (χ4n) is 1.26. The second-order valence-electron chi connectivity index (χ2n) is 3.75. The van der Waals surface area contributed by atoms with Crippen molar-refractivity contribution in [3.8, 4) is 0 Å². The van der Waals surface area contributed by atoms with Crippen LogP contribution in [0.5, 0.6) is 0 Å². The number of nitrogens with one attached hydrogen (secondary N) is 1. The molecule has 14 heavy (non-hydrogen) atoms. The normalized spacial score (nSPS) is 13.2. The van der Waals surface area contributed by atoms with Crippen molar-refractivity contribution in [1.29, 1.82) is 0 Å². The van der Waals surface area contributed by atoms with Crippen LogP contribution in [0, 0.1) is 5.92 Å². The summed E-state index contributed by atoms with van der Waals surface area (Å²) in [6.07, 6.45) is 1.01. The van der Waals surface area contributed by atoms with Crippen molar-refractivity contribution in [3.63, 3.8) is 0 Å². The Bertz CT molecular complexity index is 272. The van der Waals surface area contributed by atoms with Crippen LogP contribution in [0.2, 0.25) is 0 Å². The summed E-state index contributed by atoms with van der Waals surface area (Å²) < 4.78 is 1.60. The number of aryl methyl sites for hydroxylation is 1. The minimum Gasteiger partial charge on any atom is -0.349 e. The van der Waals surface area contributed by atoms with Crippen LogP contribution in [-0.4, -0.2) is 32.1 Å². The van der Waals surface area contributed by atoms with Crippen molar-refractivity contribution >= 4 is 17.5 Å². The molecule has 80 valence electrons. The van der Waals surface area contributed by atoms with Gasteiger partial charge in [0.1, 0.15) is 0 Å². The molecule has 0 radical (unpaired) electrons. The van der Waals surface area contributed by atoms with Gasteiger partial charge in [0, 0.05) is 19.0 Å². The minimum absolute atomic E-state index is 0.223. The van der Waals surface area contributed by atoms with Gasteiger partial charge in [-0.1, -0.05) is 18.9 Å². The van der Waals surface area contributed by atoms with Gasteiger partial charge in [0.05, 0.1) is 0 Å². The molecule has 0 bridgehead atoms. The first kappa shape index (κ1) is 11.2. The highest BCUT2D eigenvalue weighted by Gasteiger charge is 2.12. The number of alkyl halides is 1. The molecular formula is C8H16ClN5. The summed E-state index contributed by atoms with van der Waals surface area (Å²) >= 11 is 5.84. The second-order valence-corrected chi connectivity index (χ2v) is 4.06. The van der Waals surface area contributed by atoms with Gasteiger partial charge in [-0.3, -0.25) is 0 Å². The molecule has 1 heterocycles. The molecule has 0 saturated heterocycles. The molecule has 0 aliphatic rings. The van der Waals surface area contributed by atoms with Gasteiger partial charge in [0.2, 0.25) is 5.95 Å². The predicted octanol–water partition coefficient (Wildman–Crippen LogP) is 1.28. The van der Waals surface area contributed by atoms with Crippen molar-refractivity contribution in [2.75, 3.05) is 11.2 Å². The third-order valence-corrected chi connectivity index (χ3v) is 2.27. The molecule has 1 unspecified atom stereocenters. The lowest BCUT2D eigenvalue weighted by molar-refractivity contribution is 0.538. The number of hydrogen-bond donors (Lipinski definition) is 1. The smallest absolute Gasteiger partial charge is 0.242 e. The number of tetrazole rings is 1. The zero-order chi connectivity index (χ0) is 10.6. The van der Waals surface area contributed by atoms with E-state index in [2.05, 4.69) is 34.7 Å². The van der Waals surface area contributed by atoms with Crippen LogP contribution in [0.25, 0.3) is 0 Å². The van der Waals surface area contributed by atoms with E-state index >= 15 is 0 Å². The highest BCUT2D eigenvalue weighted by atomic mass is 35.5. The van der Waals surface area contributed by atoms with Crippen LogP contribution in [0.3, 0.4) is 0 Å². The summed E-state index contributed by atoms with van der Waals surface area (Å²) in [5.41, 5.74) is 0. The molecule has 1 rings (SSSR count). The highest BCUT2D eigenvalue weighted by Crippen LogP contribution is 2.10. The van der Waals surface area contributed by atoms with Crippen LogP contribution >= 0.6 is 11.6 Å². The van der Waals surface area contributed by atoms with Crippen molar-refractivity contribution < 1.29 is 0 Å². The van der Waals surface area contributed by atoms with Crippen LogP contribution in [0.4, 0.5) is 5.95 Å². The zero-order valence-corrected chi connectivity index (χ0v) is 9.49. The topological polar surface area (TPSA) is 55.6 Å². The van der Waals surface area contributed by atoms with Gasteiger partial charge in [-0.05, 0) is 22.8 Å². The summed E-state index contributed by atoms with van der Waals surface area (Å²) in [6, 6.07) is 0.223. The molecular weight excluding hydrogens is 202 g/mol. The molecule has 5 nitrogen and oxygen atoms in total. The van der Waals surface area contributed by atoms with E-state index in [1.807, 2.05) is 0 Å². The molecule has 0 aromatic carbocycles. The molecule has 0 aliphatic carbocycles. The number of nitrogens with zero attached hydrogens (tertiary/aromatic N) is 4. The van der Waals surface area contributed by atoms with E-state index in [1.165, 1.54) is 0 Å². The van der Waals surface area contributed by atoms with Crippen LogP contribution in [0.15, 0.2) is 0 Å². The van der Waals surface area contributed by atoms with Gasteiger partial charge < -0.3 is 5.32 Å². The van der Waals surface area contributed by atoms with Gasteiger partial charge >= 0.3 is 0 Å². The van der Waals surface area contributed by atoms with Gasteiger partial charge in [-0.15, -0.1) is 11.6 Å². The molecule has 1 atom stereocenters. The molecule has 0 aliphatic heterocycles. The van der Waals surface area contributed by atoms with Crippen molar-refractivity contribution in [2.24, 2.45) is 13.0 Å². The van der Waals surface area contributed by atoms with E-state index in [0.29, 0.717) is 17.7 Å². The Labute approximate surface area is 88.8 Å². The Balaban J connectivity index is 2.52. The third kappa shape index (κ3) is 3.14.